The lowest BCUT2D eigenvalue weighted by atomic mass is 9.93. The summed E-state index contributed by atoms with van der Waals surface area (Å²) < 4.78 is 2.32. The fourth-order valence-electron chi connectivity index (χ4n) is 3.89. The summed E-state index contributed by atoms with van der Waals surface area (Å²) in [6, 6.07) is 0. The third kappa shape index (κ3) is 2.73. The molecule has 1 aliphatic carbocycles. The van der Waals surface area contributed by atoms with Crippen LogP contribution in [0.3, 0.4) is 0 Å². The van der Waals surface area contributed by atoms with E-state index < -0.39 is 0 Å². The Morgan fingerprint density at radius 1 is 1.13 bits per heavy atom. The normalized spacial score (nSPS) is 18.1. The van der Waals surface area contributed by atoms with Crippen molar-refractivity contribution in [3.8, 4) is 0 Å². The van der Waals surface area contributed by atoms with Gasteiger partial charge in [-0.15, -0.1) is 0 Å². The number of fused-ring (bicyclic) bond motifs is 1. The highest BCUT2D eigenvalue weighted by Crippen LogP contribution is 2.32. The number of aryl methyl sites for hydroxylation is 1. The van der Waals surface area contributed by atoms with Crippen molar-refractivity contribution < 1.29 is 0 Å². The summed E-state index contributed by atoms with van der Waals surface area (Å²) in [5.41, 5.74) is 2.68. The van der Waals surface area contributed by atoms with Crippen molar-refractivity contribution in [1.82, 2.24) is 19.5 Å². The zero-order chi connectivity index (χ0) is 15.8. The van der Waals surface area contributed by atoms with E-state index in [0.29, 0.717) is 11.8 Å². The predicted octanol–water partition coefficient (Wildman–Crippen LogP) is 2.81. The molecule has 1 aliphatic heterocycles. The van der Waals surface area contributed by atoms with Crippen LogP contribution >= 0.6 is 0 Å². The van der Waals surface area contributed by atoms with E-state index in [9.17, 15) is 0 Å². The second-order valence-corrected chi connectivity index (χ2v) is 7.19. The first-order valence-corrected chi connectivity index (χ1v) is 8.81. The quantitative estimate of drug-likeness (QED) is 0.871. The van der Waals surface area contributed by atoms with Crippen LogP contribution in [0, 0.1) is 5.92 Å². The molecule has 3 heterocycles. The van der Waals surface area contributed by atoms with Crippen LogP contribution < -0.4 is 4.90 Å². The molecule has 1 saturated heterocycles. The van der Waals surface area contributed by atoms with Crippen LogP contribution in [-0.2, 0) is 19.4 Å². The van der Waals surface area contributed by atoms with Gasteiger partial charge >= 0.3 is 0 Å². The summed E-state index contributed by atoms with van der Waals surface area (Å²) in [6.45, 7) is 7.67. The van der Waals surface area contributed by atoms with Crippen molar-refractivity contribution in [2.75, 3.05) is 18.0 Å². The van der Waals surface area contributed by atoms with E-state index >= 15 is 0 Å². The van der Waals surface area contributed by atoms with Crippen molar-refractivity contribution in [3.63, 3.8) is 0 Å². The van der Waals surface area contributed by atoms with Crippen molar-refractivity contribution in [1.29, 1.82) is 0 Å². The number of nitrogens with zero attached hydrogens (tertiary/aromatic N) is 5. The summed E-state index contributed by atoms with van der Waals surface area (Å²) in [4.78, 5) is 16.0. The fraction of sp³-hybridized carbons (Fsp3) is 0.611. The van der Waals surface area contributed by atoms with Gasteiger partial charge in [-0.25, -0.2) is 15.0 Å². The SMILES string of the molecule is CC(C)c1nccn1CC1CN(c2ncnc3c2CCCC3)C1. The maximum absolute atomic E-state index is 4.59. The predicted molar refractivity (Wildman–Crippen MR) is 90.7 cm³/mol. The van der Waals surface area contributed by atoms with Gasteiger partial charge in [-0.2, -0.15) is 0 Å². The zero-order valence-corrected chi connectivity index (χ0v) is 14.1. The van der Waals surface area contributed by atoms with Gasteiger partial charge in [-0.3, -0.25) is 0 Å². The number of rotatable bonds is 4. The number of hydrogen-bond acceptors (Lipinski definition) is 4. The van der Waals surface area contributed by atoms with E-state index in [2.05, 4.69) is 44.5 Å². The van der Waals surface area contributed by atoms with Gasteiger partial charge < -0.3 is 9.47 Å². The molecule has 0 N–H and O–H groups in total. The highest BCUT2D eigenvalue weighted by molar-refractivity contribution is 5.51. The summed E-state index contributed by atoms with van der Waals surface area (Å²) in [7, 11) is 0. The Hall–Kier alpha value is -1.91. The van der Waals surface area contributed by atoms with Crippen LogP contribution in [0.25, 0.3) is 0 Å². The second kappa shape index (κ2) is 5.95. The summed E-state index contributed by atoms with van der Waals surface area (Å²) in [5.74, 6) is 3.56. The molecule has 0 radical (unpaired) electrons. The molecule has 4 rings (SSSR count). The third-order valence-corrected chi connectivity index (χ3v) is 5.08. The maximum Gasteiger partial charge on any atom is 0.135 e. The Kier molecular flexibility index (Phi) is 3.79. The number of aromatic nitrogens is 4. The van der Waals surface area contributed by atoms with Crippen LogP contribution in [0.4, 0.5) is 5.82 Å². The van der Waals surface area contributed by atoms with Crippen molar-refractivity contribution in [2.24, 2.45) is 5.92 Å². The van der Waals surface area contributed by atoms with Crippen molar-refractivity contribution in [2.45, 2.75) is 52.0 Å². The Bertz CT molecular complexity index is 684. The average molecular weight is 311 g/mol. The largest absolute Gasteiger partial charge is 0.355 e. The molecule has 0 unspecified atom stereocenters. The molecule has 5 heteroatoms. The molecule has 2 aromatic heterocycles. The van der Waals surface area contributed by atoms with Gasteiger partial charge in [0.2, 0.25) is 0 Å². The third-order valence-electron chi connectivity index (χ3n) is 5.08. The Morgan fingerprint density at radius 3 is 2.78 bits per heavy atom. The van der Waals surface area contributed by atoms with E-state index in [-0.39, 0.29) is 0 Å². The fourth-order valence-corrected chi connectivity index (χ4v) is 3.89. The van der Waals surface area contributed by atoms with Crippen LogP contribution in [0.5, 0.6) is 0 Å². The summed E-state index contributed by atoms with van der Waals surface area (Å²) in [5, 5.41) is 0. The molecule has 0 aromatic carbocycles. The minimum atomic E-state index is 0.482. The van der Waals surface area contributed by atoms with E-state index in [1.807, 2.05) is 6.20 Å². The molecule has 5 nitrogen and oxygen atoms in total. The van der Waals surface area contributed by atoms with Crippen molar-refractivity contribution >= 4 is 5.82 Å². The lowest BCUT2D eigenvalue weighted by Gasteiger charge is -2.42. The van der Waals surface area contributed by atoms with Crippen molar-refractivity contribution in [3.05, 3.63) is 35.8 Å². The van der Waals surface area contributed by atoms with Crippen LogP contribution in [0.15, 0.2) is 18.7 Å². The first kappa shape index (κ1) is 14.7. The number of imidazole rings is 1. The number of hydrogen-bond donors (Lipinski definition) is 0. The van der Waals surface area contributed by atoms with Gasteiger partial charge in [0.05, 0.1) is 0 Å². The smallest absolute Gasteiger partial charge is 0.135 e. The topological polar surface area (TPSA) is 46.8 Å². The summed E-state index contributed by atoms with van der Waals surface area (Å²) >= 11 is 0. The first-order valence-electron chi connectivity index (χ1n) is 8.81. The van der Waals surface area contributed by atoms with Crippen LogP contribution in [0.1, 0.15) is 49.7 Å². The molecule has 1 fully saturated rings. The summed E-state index contributed by atoms with van der Waals surface area (Å²) in [6.07, 6.45) is 10.6. The molecule has 122 valence electrons. The lowest BCUT2D eigenvalue weighted by molar-refractivity contribution is 0.347. The molecular formula is C18H25N5. The van der Waals surface area contributed by atoms with Gasteiger partial charge in [0.1, 0.15) is 18.0 Å². The zero-order valence-electron chi connectivity index (χ0n) is 14.1. The average Bonchev–Trinajstić information content (AvgIpc) is 2.98. The Balaban J connectivity index is 1.43. The molecule has 0 atom stereocenters. The van der Waals surface area contributed by atoms with Gasteiger partial charge in [0, 0.05) is 55.1 Å². The minimum absolute atomic E-state index is 0.482. The monoisotopic (exact) mass is 311 g/mol. The first-order chi connectivity index (χ1) is 11.2. The highest BCUT2D eigenvalue weighted by atomic mass is 15.3. The van der Waals surface area contributed by atoms with Gasteiger partial charge in [-0.05, 0) is 25.7 Å². The van der Waals surface area contributed by atoms with E-state index in [0.717, 1.165) is 32.5 Å². The maximum atomic E-state index is 4.59. The second-order valence-electron chi connectivity index (χ2n) is 7.19. The Morgan fingerprint density at radius 2 is 1.96 bits per heavy atom. The minimum Gasteiger partial charge on any atom is -0.355 e. The molecule has 0 saturated carbocycles. The molecule has 0 spiro atoms. The molecule has 2 aromatic rings. The Labute approximate surface area is 137 Å². The van der Waals surface area contributed by atoms with Crippen LogP contribution in [-0.4, -0.2) is 32.6 Å². The van der Waals surface area contributed by atoms with Gasteiger partial charge in [0.15, 0.2) is 0 Å². The molecule has 0 bridgehead atoms. The standard InChI is InChI=1S/C18H25N5/c1-13(2)17-19-7-8-22(17)9-14-10-23(11-14)18-15-5-3-4-6-16(15)20-12-21-18/h7-8,12-14H,3-6,9-11H2,1-2H3. The van der Waals surface area contributed by atoms with E-state index in [1.165, 1.54) is 35.7 Å². The van der Waals surface area contributed by atoms with E-state index in [4.69, 9.17) is 0 Å². The molecule has 23 heavy (non-hydrogen) atoms. The highest BCUT2D eigenvalue weighted by Gasteiger charge is 2.31. The van der Waals surface area contributed by atoms with E-state index in [1.54, 1.807) is 6.33 Å². The van der Waals surface area contributed by atoms with Crippen LogP contribution in [0.2, 0.25) is 0 Å². The van der Waals surface area contributed by atoms with Gasteiger partial charge in [-0.1, -0.05) is 13.8 Å². The van der Waals surface area contributed by atoms with Gasteiger partial charge in [0.25, 0.3) is 0 Å². The molecular weight excluding hydrogens is 286 g/mol. The number of anilines is 1. The lowest BCUT2D eigenvalue weighted by Crippen LogP contribution is -2.49. The molecule has 0 amide bonds. The molecule has 2 aliphatic rings.